The van der Waals surface area contributed by atoms with Crippen molar-refractivity contribution in [2.24, 2.45) is 4.99 Å². The lowest BCUT2D eigenvalue weighted by Crippen LogP contribution is -2.40. The highest BCUT2D eigenvalue weighted by molar-refractivity contribution is 7.07. The Hall–Kier alpha value is -4.95. The van der Waals surface area contributed by atoms with E-state index in [2.05, 4.69) is 53.6 Å². The largest absolute Gasteiger partial charge is 0.463 e. The van der Waals surface area contributed by atoms with E-state index >= 15 is 0 Å². The van der Waals surface area contributed by atoms with E-state index in [0.29, 0.717) is 20.6 Å². The monoisotopic (exact) mass is 602 g/mol. The first-order valence-corrected chi connectivity index (χ1v) is 15.4. The number of carbonyl (C=O) groups is 1. The smallest absolute Gasteiger partial charge is 0.338 e. The van der Waals surface area contributed by atoms with Crippen LogP contribution in [-0.2, 0) is 9.53 Å². The molecule has 2 aromatic heterocycles. The van der Waals surface area contributed by atoms with E-state index in [0.717, 1.165) is 39.5 Å². The zero-order valence-corrected chi connectivity index (χ0v) is 26.3. The number of carbonyl (C=O) groups excluding carboxylic acids is 1. The first-order chi connectivity index (χ1) is 21.3. The zero-order chi connectivity index (χ0) is 31.0. The minimum atomic E-state index is -0.688. The van der Waals surface area contributed by atoms with Crippen LogP contribution in [0.4, 0.5) is 5.69 Å². The summed E-state index contributed by atoms with van der Waals surface area (Å²) in [6.07, 6.45) is 1.94. The van der Waals surface area contributed by atoms with Crippen LogP contribution in [0.15, 0.2) is 106 Å². The molecule has 0 fully saturated rings. The molecule has 0 saturated carbocycles. The van der Waals surface area contributed by atoms with Gasteiger partial charge in [0.25, 0.3) is 5.56 Å². The molecular weight excluding hydrogens is 568 g/mol. The number of hydrogen-bond donors (Lipinski definition) is 0. The second-order valence-corrected chi connectivity index (χ2v) is 11.9. The Morgan fingerprint density at radius 2 is 1.64 bits per heavy atom. The molecule has 44 heavy (non-hydrogen) atoms. The van der Waals surface area contributed by atoms with Crippen molar-refractivity contribution in [1.82, 2.24) is 9.13 Å². The quantitative estimate of drug-likeness (QED) is 0.234. The molecule has 0 spiro atoms. The number of benzene rings is 3. The maximum atomic E-state index is 14.2. The molecule has 1 aliphatic rings. The van der Waals surface area contributed by atoms with Crippen molar-refractivity contribution in [2.45, 2.75) is 26.8 Å². The first-order valence-electron chi connectivity index (χ1n) is 14.6. The summed E-state index contributed by atoms with van der Waals surface area (Å²) in [6.45, 7) is 6.12. The lowest BCUT2D eigenvalue weighted by atomic mass is 9.93. The van der Waals surface area contributed by atoms with Crippen molar-refractivity contribution >= 4 is 34.8 Å². The topological polar surface area (TPSA) is 68.8 Å². The molecule has 0 radical (unpaired) electrons. The molecule has 0 amide bonds. The number of anilines is 1. The Morgan fingerprint density at radius 3 is 2.27 bits per heavy atom. The number of fused-ring (bicyclic) bond motifs is 1. The van der Waals surface area contributed by atoms with Gasteiger partial charge in [-0.05, 0) is 68.3 Å². The molecular formula is C36H34N4O3S. The number of hydrogen-bond acceptors (Lipinski definition) is 6. The molecule has 5 aromatic rings. The molecule has 0 unspecified atom stereocenters. The zero-order valence-electron chi connectivity index (χ0n) is 25.4. The molecule has 0 N–H and O–H groups in total. The third-order valence-electron chi connectivity index (χ3n) is 7.87. The molecule has 3 heterocycles. The van der Waals surface area contributed by atoms with Crippen molar-refractivity contribution in [3.8, 4) is 5.69 Å². The van der Waals surface area contributed by atoms with Gasteiger partial charge in [0, 0.05) is 42.4 Å². The molecule has 6 rings (SSSR count). The molecule has 0 aliphatic carbocycles. The lowest BCUT2D eigenvalue weighted by molar-refractivity contribution is -0.138. The normalized spacial score (nSPS) is 14.8. The Labute approximate surface area is 260 Å². The van der Waals surface area contributed by atoms with E-state index in [1.165, 1.54) is 11.3 Å². The third-order valence-corrected chi connectivity index (χ3v) is 8.85. The number of ether oxygens (including phenoxy) is 1. The maximum Gasteiger partial charge on any atom is 0.338 e. The second-order valence-electron chi connectivity index (χ2n) is 10.9. The fourth-order valence-corrected chi connectivity index (χ4v) is 6.76. The molecule has 3 aromatic carbocycles. The molecule has 0 bridgehead atoms. The van der Waals surface area contributed by atoms with Crippen LogP contribution < -0.4 is 19.8 Å². The highest BCUT2D eigenvalue weighted by Gasteiger charge is 2.35. The van der Waals surface area contributed by atoms with Crippen LogP contribution in [0.1, 0.15) is 41.0 Å². The van der Waals surface area contributed by atoms with Crippen LogP contribution in [0, 0.1) is 13.8 Å². The Morgan fingerprint density at radius 1 is 0.977 bits per heavy atom. The maximum absolute atomic E-state index is 14.2. The summed E-state index contributed by atoms with van der Waals surface area (Å²) in [5.41, 5.74) is 7.51. The van der Waals surface area contributed by atoms with E-state index in [1.807, 2.05) is 80.8 Å². The molecule has 7 nitrogen and oxygen atoms in total. The fourth-order valence-electron chi connectivity index (χ4n) is 5.76. The average Bonchev–Trinajstić information content (AvgIpc) is 3.50. The molecule has 222 valence electrons. The van der Waals surface area contributed by atoms with Gasteiger partial charge in [-0.25, -0.2) is 9.79 Å². The average molecular weight is 603 g/mol. The molecule has 8 heteroatoms. The predicted octanol–water partition coefficient (Wildman–Crippen LogP) is 5.41. The van der Waals surface area contributed by atoms with Gasteiger partial charge < -0.3 is 14.2 Å². The number of aromatic nitrogens is 2. The van der Waals surface area contributed by atoms with E-state index < -0.39 is 12.0 Å². The molecule has 0 saturated heterocycles. The van der Waals surface area contributed by atoms with E-state index in [4.69, 9.17) is 9.73 Å². The molecule has 1 atom stereocenters. The van der Waals surface area contributed by atoms with Gasteiger partial charge in [-0.15, -0.1) is 0 Å². The van der Waals surface area contributed by atoms with Crippen molar-refractivity contribution in [3.05, 3.63) is 144 Å². The number of thiazole rings is 1. The minimum absolute atomic E-state index is 0.198. The van der Waals surface area contributed by atoms with Crippen LogP contribution in [0.2, 0.25) is 0 Å². The summed E-state index contributed by atoms with van der Waals surface area (Å²) in [7, 11) is 4.05. The van der Waals surface area contributed by atoms with Gasteiger partial charge >= 0.3 is 5.97 Å². The van der Waals surface area contributed by atoms with Gasteiger partial charge in [-0.1, -0.05) is 72.0 Å². The Bertz CT molecular complexity index is 2050. The van der Waals surface area contributed by atoms with Crippen LogP contribution >= 0.6 is 11.3 Å². The van der Waals surface area contributed by atoms with Crippen LogP contribution in [0.25, 0.3) is 17.5 Å². The van der Waals surface area contributed by atoms with Crippen molar-refractivity contribution in [3.63, 3.8) is 0 Å². The van der Waals surface area contributed by atoms with Crippen molar-refractivity contribution < 1.29 is 9.53 Å². The van der Waals surface area contributed by atoms with E-state index in [1.54, 1.807) is 11.5 Å². The Balaban J connectivity index is 1.55. The van der Waals surface area contributed by atoms with Crippen LogP contribution in [0.5, 0.6) is 0 Å². The van der Waals surface area contributed by atoms with Gasteiger partial charge in [0.1, 0.15) is 0 Å². The standard InChI is InChI=1S/C36H34N4O3S/c1-6-43-35(42)31-32(25-13-9-7-10-14-25)37-36-40(33(31)26-15-11-8-12-16-26)34(41)30(44-36)22-27-21-23(2)39(24(27)3)29-19-17-28(18-20-29)38(4)5/h7-22,33H,6H2,1-5H3/b30-22+/t33-/m1/s1. The minimum Gasteiger partial charge on any atom is -0.463 e. The summed E-state index contributed by atoms with van der Waals surface area (Å²) in [6, 6.07) is 29.0. The highest BCUT2D eigenvalue weighted by Crippen LogP contribution is 2.35. The van der Waals surface area contributed by atoms with Gasteiger partial charge in [0.05, 0.1) is 28.5 Å². The van der Waals surface area contributed by atoms with Crippen LogP contribution in [0.3, 0.4) is 0 Å². The van der Waals surface area contributed by atoms with Gasteiger partial charge in [0.15, 0.2) is 4.80 Å². The lowest BCUT2D eigenvalue weighted by Gasteiger charge is -2.25. The highest BCUT2D eigenvalue weighted by atomic mass is 32.1. The third kappa shape index (κ3) is 5.22. The summed E-state index contributed by atoms with van der Waals surface area (Å²) < 4.78 is 9.94. The number of aryl methyl sites for hydroxylation is 1. The second kappa shape index (κ2) is 12.0. The Kier molecular flexibility index (Phi) is 7.93. The van der Waals surface area contributed by atoms with Crippen molar-refractivity contribution in [1.29, 1.82) is 0 Å². The van der Waals surface area contributed by atoms with E-state index in [-0.39, 0.29) is 12.2 Å². The van der Waals surface area contributed by atoms with Gasteiger partial charge in [-0.3, -0.25) is 9.36 Å². The summed E-state index contributed by atoms with van der Waals surface area (Å²) >= 11 is 1.33. The predicted molar refractivity (Wildman–Crippen MR) is 177 cm³/mol. The summed E-state index contributed by atoms with van der Waals surface area (Å²) in [5, 5.41) is 0. The number of nitrogens with zero attached hydrogens (tertiary/aromatic N) is 4. The SMILES string of the molecule is CCOC(=O)C1=C(c2ccccc2)N=c2s/c(=C/c3cc(C)n(-c4ccc(N(C)C)cc4)c3C)c(=O)n2[C@@H]1c1ccccc1. The summed E-state index contributed by atoms with van der Waals surface area (Å²) in [5.74, 6) is -0.484. The number of rotatable bonds is 7. The fraction of sp³-hybridized carbons (Fsp3) is 0.194. The first kappa shape index (κ1) is 29.1. The molecule has 1 aliphatic heterocycles. The summed E-state index contributed by atoms with van der Waals surface area (Å²) in [4.78, 5) is 35.4. The van der Waals surface area contributed by atoms with Crippen molar-refractivity contribution in [2.75, 3.05) is 25.6 Å². The van der Waals surface area contributed by atoms with E-state index in [9.17, 15) is 9.59 Å². The van der Waals surface area contributed by atoms with Crippen LogP contribution in [-0.4, -0.2) is 35.8 Å². The van der Waals surface area contributed by atoms with Gasteiger partial charge in [0.2, 0.25) is 0 Å². The number of esters is 1. The van der Waals surface area contributed by atoms with Gasteiger partial charge in [-0.2, -0.15) is 0 Å².